The Morgan fingerprint density at radius 2 is 1.61 bits per heavy atom. The van der Waals surface area contributed by atoms with Crippen LogP contribution in [0.3, 0.4) is 0 Å². The van der Waals surface area contributed by atoms with Gasteiger partial charge in [0.1, 0.15) is 17.1 Å². The van der Waals surface area contributed by atoms with Gasteiger partial charge in [0.2, 0.25) is 0 Å². The molecule has 172 valence electrons. The van der Waals surface area contributed by atoms with E-state index in [1.165, 1.54) is 13.8 Å². The molecule has 0 saturated carbocycles. The van der Waals surface area contributed by atoms with Crippen molar-refractivity contribution < 1.29 is 58.4 Å². The van der Waals surface area contributed by atoms with Crippen molar-refractivity contribution in [2.24, 2.45) is 5.92 Å². The van der Waals surface area contributed by atoms with E-state index in [2.05, 4.69) is 4.74 Å². The van der Waals surface area contributed by atoms with E-state index in [-0.39, 0.29) is 11.9 Å². The van der Waals surface area contributed by atoms with Crippen LogP contribution in [-0.4, -0.2) is 56.5 Å². The zero-order chi connectivity index (χ0) is 24.4. The molecule has 0 heterocycles. The number of benzene rings is 1. The fourth-order valence-electron chi connectivity index (χ4n) is 2.11. The van der Waals surface area contributed by atoms with Crippen LogP contribution in [0.4, 0.5) is 26.3 Å². The van der Waals surface area contributed by atoms with Crippen LogP contribution in [0, 0.1) is 5.92 Å². The minimum Gasteiger partial charge on any atom is -0.434 e. The summed E-state index contributed by atoms with van der Waals surface area (Å²) in [6.45, 7) is 2.72. The molecule has 0 unspecified atom stereocenters. The monoisotopic (exact) mass is 476 g/mol. The standard InChI is InChI=1S/C16H15BF6O7S/c1-8(2)12(24)29-11-5-9(6-17)3-4-10(11)13(25)30-14(15(18,19)20,16(21,22)23)7-31(26,27)28/h3-5,8H,6-7H2,1-2H3,(H,26,27,28). The summed E-state index contributed by atoms with van der Waals surface area (Å²) in [6, 6.07) is 2.65. The van der Waals surface area contributed by atoms with Crippen molar-refractivity contribution >= 4 is 29.9 Å². The van der Waals surface area contributed by atoms with E-state index >= 15 is 0 Å². The van der Waals surface area contributed by atoms with Crippen LogP contribution < -0.4 is 4.74 Å². The maximum Gasteiger partial charge on any atom is 0.438 e. The Morgan fingerprint density at radius 1 is 1.10 bits per heavy atom. The quantitative estimate of drug-likeness (QED) is 0.212. The lowest BCUT2D eigenvalue weighted by molar-refractivity contribution is -0.356. The number of alkyl halides is 6. The largest absolute Gasteiger partial charge is 0.438 e. The second kappa shape index (κ2) is 9.06. The summed E-state index contributed by atoms with van der Waals surface area (Å²) in [5.41, 5.74) is -6.45. The molecule has 0 aliphatic carbocycles. The summed E-state index contributed by atoms with van der Waals surface area (Å²) in [6.07, 6.45) is -13.2. The highest BCUT2D eigenvalue weighted by Gasteiger charge is 2.76. The highest BCUT2D eigenvalue weighted by molar-refractivity contribution is 7.85. The number of rotatable bonds is 7. The second-order valence-corrected chi connectivity index (χ2v) is 8.00. The fraction of sp³-hybridized carbons (Fsp3) is 0.500. The normalized spacial score (nSPS) is 13.2. The summed E-state index contributed by atoms with van der Waals surface area (Å²) in [4.78, 5) is 24.1. The lowest BCUT2D eigenvalue weighted by Crippen LogP contribution is -2.63. The minimum absolute atomic E-state index is 0.193. The van der Waals surface area contributed by atoms with Crippen LogP contribution in [0.5, 0.6) is 5.75 Å². The molecule has 0 aliphatic rings. The Balaban J connectivity index is 3.60. The van der Waals surface area contributed by atoms with Gasteiger partial charge in [0.25, 0.3) is 10.1 Å². The van der Waals surface area contributed by atoms with E-state index in [9.17, 15) is 44.3 Å². The molecule has 0 spiro atoms. The molecular weight excluding hydrogens is 461 g/mol. The molecule has 0 aromatic heterocycles. The molecule has 0 atom stereocenters. The maximum atomic E-state index is 13.3. The van der Waals surface area contributed by atoms with Crippen LogP contribution in [0.25, 0.3) is 0 Å². The first-order valence-corrected chi connectivity index (χ1v) is 9.82. The number of carbonyl (C=O) groups is 2. The SMILES string of the molecule is [B]Cc1ccc(C(=O)OC(CS(=O)(=O)O)(C(F)(F)F)C(F)(F)F)c(OC(=O)C(C)C)c1. The number of halogens is 6. The summed E-state index contributed by atoms with van der Waals surface area (Å²) in [5, 5.41) is 0. The van der Waals surface area contributed by atoms with Crippen molar-refractivity contribution in [1.82, 2.24) is 0 Å². The van der Waals surface area contributed by atoms with Gasteiger partial charge in [0.05, 0.1) is 13.8 Å². The average Bonchev–Trinajstić information content (AvgIpc) is 2.57. The number of hydrogen-bond acceptors (Lipinski definition) is 6. The number of esters is 2. The highest BCUT2D eigenvalue weighted by Crippen LogP contribution is 2.47. The third-order valence-electron chi connectivity index (χ3n) is 3.75. The third kappa shape index (κ3) is 6.35. The number of carbonyl (C=O) groups excluding carboxylic acids is 2. The molecule has 15 heteroatoms. The third-order valence-corrected chi connectivity index (χ3v) is 4.52. The first kappa shape index (κ1) is 26.7. The molecular formula is C16H15BF6O7S. The molecule has 1 aromatic rings. The molecule has 1 aromatic carbocycles. The molecule has 1 rings (SSSR count). The van der Waals surface area contributed by atoms with Crippen molar-refractivity contribution in [3.05, 3.63) is 29.3 Å². The molecule has 7 nitrogen and oxygen atoms in total. The van der Waals surface area contributed by atoms with E-state index < -0.39 is 63.0 Å². The summed E-state index contributed by atoms with van der Waals surface area (Å²) in [5.74, 6) is -7.89. The summed E-state index contributed by atoms with van der Waals surface area (Å²) in [7, 11) is -0.574. The van der Waals surface area contributed by atoms with E-state index in [0.717, 1.165) is 12.1 Å². The molecule has 31 heavy (non-hydrogen) atoms. The topological polar surface area (TPSA) is 107 Å². The number of ether oxygens (including phenoxy) is 2. The lowest BCUT2D eigenvalue weighted by Gasteiger charge is -2.35. The zero-order valence-electron chi connectivity index (χ0n) is 15.9. The fourth-order valence-corrected chi connectivity index (χ4v) is 3.01. The van der Waals surface area contributed by atoms with E-state index in [0.29, 0.717) is 6.07 Å². The average molecular weight is 476 g/mol. The van der Waals surface area contributed by atoms with E-state index in [4.69, 9.17) is 17.1 Å². The van der Waals surface area contributed by atoms with Gasteiger partial charge in [-0.1, -0.05) is 31.8 Å². The Kier molecular flexibility index (Phi) is 7.82. The second-order valence-electron chi connectivity index (χ2n) is 6.55. The van der Waals surface area contributed by atoms with E-state index in [1.54, 1.807) is 0 Å². The van der Waals surface area contributed by atoms with Crippen molar-refractivity contribution in [2.45, 2.75) is 38.1 Å². The Bertz CT molecular complexity index is 927. The Morgan fingerprint density at radius 3 is 2.00 bits per heavy atom. The van der Waals surface area contributed by atoms with Gasteiger partial charge >= 0.3 is 29.9 Å². The van der Waals surface area contributed by atoms with Crippen LogP contribution in [0.2, 0.25) is 0 Å². The van der Waals surface area contributed by atoms with E-state index in [1.807, 2.05) is 0 Å². The number of hydrogen-bond donors (Lipinski definition) is 1. The Hall–Kier alpha value is -2.29. The zero-order valence-corrected chi connectivity index (χ0v) is 16.7. The van der Waals surface area contributed by atoms with Gasteiger partial charge in [-0.15, -0.1) is 0 Å². The smallest absolute Gasteiger partial charge is 0.434 e. The van der Waals surface area contributed by atoms with Crippen molar-refractivity contribution in [1.29, 1.82) is 0 Å². The molecule has 0 bridgehead atoms. The van der Waals surface area contributed by atoms with Gasteiger partial charge in [-0.25, -0.2) is 4.79 Å². The lowest BCUT2D eigenvalue weighted by atomic mass is 9.95. The van der Waals surface area contributed by atoms with Crippen LogP contribution in [0.1, 0.15) is 29.8 Å². The van der Waals surface area contributed by atoms with Crippen LogP contribution >= 0.6 is 0 Å². The molecule has 2 radical (unpaired) electrons. The summed E-state index contributed by atoms with van der Waals surface area (Å²) < 4.78 is 119. The van der Waals surface area contributed by atoms with Crippen molar-refractivity contribution in [3.63, 3.8) is 0 Å². The van der Waals surface area contributed by atoms with Gasteiger partial charge in [0, 0.05) is 0 Å². The predicted octanol–water partition coefficient (Wildman–Crippen LogP) is 2.82. The van der Waals surface area contributed by atoms with Crippen molar-refractivity contribution in [2.75, 3.05) is 5.75 Å². The van der Waals surface area contributed by atoms with Gasteiger partial charge < -0.3 is 9.47 Å². The molecule has 0 saturated heterocycles. The summed E-state index contributed by atoms with van der Waals surface area (Å²) >= 11 is 0. The van der Waals surface area contributed by atoms with Crippen LogP contribution in [-0.2, 0) is 26.0 Å². The van der Waals surface area contributed by atoms with Crippen molar-refractivity contribution in [3.8, 4) is 5.75 Å². The van der Waals surface area contributed by atoms with Gasteiger partial charge in [0.15, 0.2) is 0 Å². The molecule has 1 N–H and O–H groups in total. The minimum atomic E-state index is -6.50. The highest BCUT2D eigenvalue weighted by atomic mass is 32.2. The first-order valence-electron chi connectivity index (χ1n) is 8.21. The van der Waals surface area contributed by atoms with Gasteiger partial charge in [-0.05, 0) is 12.1 Å². The molecule has 0 aliphatic heterocycles. The van der Waals surface area contributed by atoms with Gasteiger partial charge in [-0.3, -0.25) is 9.35 Å². The molecule has 0 amide bonds. The first-order chi connectivity index (χ1) is 13.8. The van der Waals surface area contributed by atoms with Gasteiger partial charge in [-0.2, -0.15) is 34.8 Å². The predicted molar refractivity (Wildman–Crippen MR) is 93.0 cm³/mol. The van der Waals surface area contributed by atoms with Crippen LogP contribution in [0.15, 0.2) is 18.2 Å². The maximum absolute atomic E-state index is 13.3. The molecule has 0 fully saturated rings. The Labute approximate surface area is 173 Å².